The maximum Gasteiger partial charge on any atom is 0.174 e. The second kappa shape index (κ2) is 9.50. The summed E-state index contributed by atoms with van der Waals surface area (Å²) in [4.78, 5) is 0. The number of hydrogen-bond donors (Lipinski definition) is 1. The summed E-state index contributed by atoms with van der Waals surface area (Å²) in [6.07, 6.45) is 1.85. The summed E-state index contributed by atoms with van der Waals surface area (Å²) >= 11 is 2.24. The molecule has 2 aromatic carbocycles. The van der Waals surface area contributed by atoms with E-state index in [0.29, 0.717) is 12.3 Å². The zero-order valence-electron chi connectivity index (χ0n) is 14.9. The van der Waals surface area contributed by atoms with Gasteiger partial charge in [-0.2, -0.15) is 5.10 Å². The highest BCUT2D eigenvalue weighted by Gasteiger charge is 2.12. The van der Waals surface area contributed by atoms with Crippen molar-refractivity contribution < 1.29 is 14.2 Å². The molecule has 0 bridgehead atoms. The SMILES string of the molecule is COc1ccccc1CN/N=C\c1cc(I)c(OC(C)C)c(OC)c1. The number of hydrogen-bond acceptors (Lipinski definition) is 5. The average Bonchev–Trinajstić information content (AvgIpc) is 2.60. The Morgan fingerprint density at radius 1 is 1.12 bits per heavy atom. The topological polar surface area (TPSA) is 52.1 Å². The summed E-state index contributed by atoms with van der Waals surface area (Å²) in [5, 5.41) is 4.29. The van der Waals surface area contributed by atoms with Crippen LogP contribution in [0.4, 0.5) is 0 Å². The third-order valence-electron chi connectivity index (χ3n) is 3.37. The zero-order valence-corrected chi connectivity index (χ0v) is 17.0. The molecule has 1 N–H and O–H groups in total. The summed E-state index contributed by atoms with van der Waals surface area (Å²) in [6, 6.07) is 11.8. The molecule has 134 valence electrons. The third kappa shape index (κ3) is 5.52. The highest BCUT2D eigenvalue weighted by atomic mass is 127. The second-order valence-corrected chi connectivity index (χ2v) is 6.77. The van der Waals surface area contributed by atoms with Crippen LogP contribution in [0.2, 0.25) is 0 Å². The Labute approximate surface area is 162 Å². The molecule has 0 saturated heterocycles. The molecule has 0 aliphatic heterocycles. The molecule has 0 fully saturated rings. The standard InChI is InChI=1S/C19H23IN2O3/c1-13(2)25-19-16(20)9-14(10-18(19)24-4)11-21-22-12-15-7-5-6-8-17(15)23-3/h5-11,13,22H,12H2,1-4H3/b21-11-. The Hall–Kier alpha value is -1.96. The van der Waals surface area contributed by atoms with Gasteiger partial charge in [0.15, 0.2) is 11.5 Å². The number of para-hydroxylation sites is 1. The molecule has 0 aliphatic rings. The van der Waals surface area contributed by atoms with Crippen LogP contribution in [0.5, 0.6) is 17.2 Å². The lowest BCUT2D eigenvalue weighted by atomic mass is 10.2. The number of halogens is 1. The summed E-state index contributed by atoms with van der Waals surface area (Å²) in [7, 11) is 3.30. The largest absolute Gasteiger partial charge is 0.496 e. The van der Waals surface area contributed by atoms with E-state index in [1.165, 1.54) is 0 Å². The van der Waals surface area contributed by atoms with Crippen molar-refractivity contribution in [1.82, 2.24) is 5.43 Å². The Morgan fingerprint density at radius 2 is 1.84 bits per heavy atom. The fraction of sp³-hybridized carbons (Fsp3) is 0.316. The van der Waals surface area contributed by atoms with Gasteiger partial charge >= 0.3 is 0 Å². The van der Waals surface area contributed by atoms with E-state index in [1.54, 1.807) is 20.4 Å². The van der Waals surface area contributed by atoms with Gasteiger partial charge in [-0.25, -0.2) is 0 Å². The first kappa shape index (κ1) is 19.4. The van der Waals surface area contributed by atoms with Crippen LogP contribution in [0.1, 0.15) is 25.0 Å². The molecular weight excluding hydrogens is 431 g/mol. The minimum atomic E-state index is 0.0875. The van der Waals surface area contributed by atoms with Crippen LogP contribution in [0.25, 0.3) is 0 Å². The minimum Gasteiger partial charge on any atom is -0.496 e. The molecular formula is C19H23IN2O3. The molecule has 6 heteroatoms. The molecule has 0 radical (unpaired) electrons. The van der Waals surface area contributed by atoms with Crippen molar-refractivity contribution in [1.29, 1.82) is 0 Å². The second-order valence-electron chi connectivity index (χ2n) is 5.61. The van der Waals surface area contributed by atoms with E-state index in [2.05, 4.69) is 33.1 Å². The maximum absolute atomic E-state index is 5.82. The Bertz CT molecular complexity index is 733. The van der Waals surface area contributed by atoms with Gasteiger partial charge in [-0.3, -0.25) is 0 Å². The molecule has 0 aliphatic carbocycles. The van der Waals surface area contributed by atoms with Crippen LogP contribution in [0, 0.1) is 3.57 Å². The van der Waals surface area contributed by atoms with Crippen LogP contribution in [-0.4, -0.2) is 26.5 Å². The first-order chi connectivity index (χ1) is 12.0. The summed E-state index contributed by atoms with van der Waals surface area (Å²) in [5.74, 6) is 2.31. The predicted octanol–water partition coefficient (Wildman–Crippen LogP) is 4.22. The van der Waals surface area contributed by atoms with Gasteiger partial charge in [0, 0.05) is 5.56 Å². The Morgan fingerprint density at radius 3 is 2.52 bits per heavy atom. The highest BCUT2D eigenvalue weighted by Crippen LogP contribution is 2.34. The number of rotatable bonds is 8. The number of nitrogens with zero attached hydrogens (tertiary/aromatic N) is 1. The highest BCUT2D eigenvalue weighted by molar-refractivity contribution is 14.1. The number of nitrogens with one attached hydrogen (secondary N) is 1. The molecule has 0 spiro atoms. The van der Waals surface area contributed by atoms with Gasteiger partial charge in [0.1, 0.15) is 5.75 Å². The molecule has 5 nitrogen and oxygen atoms in total. The van der Waals surface area contributed by atoms with Crippen molar-refractivity contribution in [3.63, 3.8) is 0 Å². The van der Waals surface area contributed by atoms with Crippen LogP contribution < -0.4 is 19.6 Å². The molecule has 0 amide bonds. The van der Waals surface area contributed by atoms with Gasteiger partial charge in [-0.15, -0.1) is 0 Å². The number of benzene rings is 2. The summed E-state index contributed by atoms with van der Waals surface area (Å²) in [5.41, 5.74) is 5.03. The maximum atomic E-state index is 5.82. The van der Waals surface area contributed by atoms with E-state index >= 15 is 0 Å². The smallest absolute Gasteiger partial charge is 0.174 e. The molecule has 0 saturated carbocycles. The molecule has 0 aromatic heterocycles. The fourth-order valence-electron chi connectivity index (χ4n) is 2.26. The zero-order chi connectivity index (χ0) is 18.2. The predicted molar refractivity (Wildman–Crippen MR) is 109 cm³/mol. The van der Waals surface area contributed by atoms with Gasteiger partial charge in [0.05, 0.1) is 36.7 Å². The lowest BCUT2D eigenvalue weighted by Crippen LogP contribution is -2.09. The molecule has 2 aromatic rings. The van der Waals surface area contributed by atoms with Crippen molar-refractivity contribution in [3.05, 3.63) is 51.1 Å². The monoisotopic (exact) mass is 454 g/mol. The fourth-order valence-corrected chi connectivity index (χ4v) is 3.02. The van der Waals surface area contributed by atoms with Crippen LogP contribution >= 0.6 is 22.6 Å². The number of hydrazone groups is 1. The molecule has 2 rings (SSSR count). The van der Waals surface area contributed by atoms with Crippen molar-refractivity contribution >= 4 is 28.8 Å². The van der Waals surface area contributed by atoms with E-state index in [4.69, 9.17) is 14.2 Å². The van der Waals surface area contributed by atoms with Crippen LogP contribution in [0.15, 0.2) is 41.5 Å². The van der Waals surface area contributed by atoms with Crippen LogP contribution in [0.3, 0.4) is 0 Å². The average molecular weight is 454 g/mol. The van der Waals surface area contributed by atoms with Gasteiger partial charge in [-0.05, 0) is 60.2 Å². The number of ether oxygens (including phenoxy) is 3. The third-order valence-corrected chi connectivity index (χ3v) is 4.17. The quantitative estimate of drug-likeness (QED) is 0.369. The summed E-state index contributed by atoms with van der Waals surface area (Å²) < 4.78 is 17.6. The Balaban J connectivity index is 2.07. The summed E-state index contributed by atoms with van der Waals surface area (Å²) in [6.45, 7) is 4.57. The first-order valence-electron chi connectivity index (χ1n) is 7.97. The van der Waals surface area contributed by atoms with E-state index < -0.39 is 0 Å². The molecule has 25 heavy (non-hydrogen) atoms. The number of methoxy groups -OCH3 is 2. The van der Waals surface area contributed by atoms with Crippen molar-refractivity contribution in [2.24, 2.45) is 5.10 Å². The van der Waals surface area contributed by atoms with E-state index in [-0.39, 0.29) is 6.10 Å². The normalized spacial score (nSPS) is 11.0. The minimum absolute atomic E-state index is 0.0875. The molecule has 0 heterocycles. The molecule has 0 unspecified atom stereocenters. The molecule has 0 atom stereocenters. The van der Waals surface area contributed by atoms with Crippen LogP contribution in [-0.2, 0) is 6.54 Å². The van der Waals surface area contributed by atoms with Crippen molar-refractivity contribution in [2.75, 3.05) is 14.2 Å². The van der Waals surface area contributed by atoms with E-state index in [0.717, 1.165) is 26.2 Å². The van der Waals surface area contributed by atoms with Gasteiger partial charge in [0.2, 0.25) is 0 Å². The van der Waals surface area contributed by atoms with Crippen molar-refractivity contribution in [2.45, 2.75) is 26.5 Å². The van der Waals surface area contributed by atoms with Gasteiger partial charge < -0.3 is 19.6 Å². The van der Waals surface area contributed by atoms with Gasteiger partial charge in [-0.1, -0.05) is 18.2 Å². The lowest BCUT2D eigenvalue weighted by Gasteiger charge is -2.15. The lowest BCUT2D eigenvalue weighted by molar-refractivity contribution is 0.228. The Kier molecular flexibility index (Phi) is 7.36. The van der Waals surface area contributed by atoms with Gasteiger partial charge in [0.25, 0.3) is 0 Å². The van der Waals surface area contributed by atoms with Crippen molar-refractivity contribution in [3.8, 4) is 17.2 Å². The van der Waals surface area contributed by atoms with E-state index in [1.807, 2.05) is 50.2 Å². The first-order valence-corrected chi connectivity index (χ1v) is 9.05. The van der Waals surface area contributed by atoms with E-state index in [9.17, 15) is 0 Å².